The van der Waals surface area contributed by atoms with Crippen molar-refractivity contribution in [3.63, 3.8) is 0 Å². The molecule has 0 spiro atoms. The largest absolute Gasteiger partial charge is 0.341 e. The fourth-order valence-corrected chi connectivity index (χ4v) is 2.38. The number of benzene rings is 1. The maximum Gasteiger partial charge on any atom is 0.160 e. The summed E-state index contributed by atoms with van der Waals surface area (Å²) in [7, 11) is 0. The van der Waals surface area contributed by atoms with E-state index >= 15 is 0 Å². The number of nitrogens with two attached hydrogens (primary N) is 1. The molecule has 3 rings (SSSR count). The summed E-state index contributed by atoms with van der Waals surface area (Å²) in [4.78, 5) is 12.5. The van der Waals surface area contributed by atoms with Crippen molar-refractivity contribution in [1.82, 2.24) is 19.5 Å². The average molecular weight is 281 g/mol. The van der Waals surface area contributed by atoms with Crippen molar-refractivity contribution in [2.24, 2.45) is 5.73 Å². The van der Waals surface area contributed by atoms with E-state index in [1.807, 2.05) is 49.6 Å². The predicted octanol–water partition coefficient (Wildman–Crippen LogP) is 2.60. The predicted molar refractivity (Wildman–Crippen MR) is 83.7 cm³/mol. The van der Waals surface area contributed by atoms with Gasteiger partial charge in [-0.2, -0.15) is 0 Å². The van der Waals surface area contributed by atoms with Crippen LogP contribution in [0.15, 0.2) is 42.7 Å². The molecule has 3 aromatic rings. The maximum atomic E-state index is 5.59. The van der Waals surface area contributed by atoms with Crippen LogP contribution in [0.2, 0.25) is 0 Å². The molecule has 0 aliphatic heterocycles. The van der Waals surface area contributed by atoms with Gasteiger partial charge in [-0.1, -0.05) is 30.3 Å². The normalized spacial score (nSPS) is 11.0. The zero-order chi connectivity index (χ0) is 14.7. The lowest BCUT2D eigenvalue weighted by Crippen LogP contribution is -2.06. The number of hydrogen-bond donors (Lipinski definition) is 2. The standard InChI is InChI=1S/C16H19N5/c1-12-14(16-18-9-11-21(16)10-5-8-17)20-15(19-12)13-6-3-2-4-7-13/h2-4,6-7,9,11H,5,8,10,17H2,1H3,(H,19,20). The van der Waals surface area contributed by atoms with Crippen molar-refractivity contribution >= 4 is 0 Å². The molecule has 0 saturated carbocycles. The third-order valence-electron chi connectivity index (χ3n) is 3.46. The van der Waals surface area contributed by atoms with Crippen LogP contribution in [0.4, 0.5) is 0 Å². The summed E-state index contributed by atoms with van der Waals surface area (Å²) in [6, 6.07) is 10.1. The van der Waals surface area contributed by atoms with E-state index in [-0.39, 0.29) is 0 Å². The number of nitrogens with zero attached hydrogens (tertiary/aromatic N) is 3. The van der Waals surface area contributed by atoms with E-state index < -0.39 is 0 Å². The molecule has 2 aromatic heterocycles. The Hall–Kier alpha value is -2.40. The highest BCUT2D eigenvalue weighted by Crippen LogP contribution is 2.24. The third kappa shape index (κ3) is 2.73. The highest BCUT2D eigenvalue weighted by molar-refractivity contribution is 5.63. The number of rotatable bonds is 5. The molecular formula is C16H19N5. The van der Waals surface area contributed by atoms with Crippen molar-refractivity contribution in [2.45, 2.75) is 19.9 Å². The van der Waals surface area contributed by atoms with E-state index in [4.69, 9.17) is 10.7 Å². The molecule has 21 heavy (non-hydrogen) atoms. The molecule has 5 nitrogen and oxygen atoms in total. The van der Waals surface area contributed by atoms with Gasteiger partial charge in [0.1, 0.15) is 11.5 Å². The smallest absolute Gasteiger partial charge is 0.160 e. The summed E-state index contributed by atoms with van der Waals surface area (Å²) >= 11 is 0. The molecule has 0 bridgehead atoms. The Labute approximate surface area is 123 Å². The van der Waals surface area contributed by atoms with Crippen LogP contribution in [-0.2, 0) is 6.54 Å². The summed E-state index contributed by atoms with van der Waals surface area (Å²) < 4.78 is 2.10. The van der Waals surface area contributed by atoms with Crippen LogP contribution in [-0.4, -0.2) is 26.1 Å². The molecule has 0 aliphatic carbocycles. The van der Waals surface area contributed by atoms with Crippen LogP contribution < -0.4 is 5.73 Å². The van der Waals surface area contributed by atoms with Gasteiger partial charge in [0.05, 0.1) is 0 Å². The van der Waals surface area contributed by atoms with Gasteiger partial charge in [0, 0.05) is 30.2 Å². The van der Waals surface area contributed by atoms with E-state index in [1.54, 1.807) is 0 Å². The lowest BCUT2D eigenvalue weighted by Gasteiger charge is -2.05. The fourth-order valence-electron chi connectivity index (χ4n) is 2.38. The lowest BCUT2D eigenvalue weighted by atomic mass is 10.2. The summed E-state index contributed by atoms with van der Waals surface area (Å²) in [5.74, 6) is 1.76. The van der Waals surface area contributed by atoms with Crippen molar-refractivity contribution < 1.29 is 0 Å². The summed E-state index contributed by atoms with van der Waals surface area (Å²) in [6.45, 7) is 3.56. The topological polar surface area (TPSA) is 72.5 Å². The van der Waals surface area contributed by atoms with Crippen LogP contribution in [0.1, 0.15) is 12.1 Å². The van der Waals surface area contributed by atoms with Gasteiger partial charge < -0.3 is 15.3 Å². The Kier molecular flexibility index (Phi) is 3.83. The molecule has 0 saturated heterocycles. The molecule has 1 aromatic carbocycles. The molecular weight excluding hydrogens is 262 g/mol. The fraction of sp³-hybridized carbons (Fsp3) is 0.250. The second-order valence-electron chi connectivity index (χ2n) is 5.01. The minimum Gasteiger partial charge on any atom is -0.341 e. The molecule has 0 fully saturated rings. The number of H-pyrrole nitrogens is 1. The summed E-state index contributed by atoms with van der Waals surface area (Å²) in [5.41, 5.74) is 8.59. The van der Waals surface area contributed by atoms with Crippen molar-refractivity contribution in [3.05, 3.63) is 48.4 Å². The lowest BCUT2D eigenvalue weighted by molar-refractivity contribution is 0.655. The van der Waals surface area contributed by atoms with Crippen LogP contribution >= 0.6 is 0 Å². The van der Waals surface area contributed by atoms with Gasteiger partial charge in [0.25, 0.3) is 0 Å². The Morgan fingerprint density at radius 2 is 2.05 bits per heavy atom. The number of imidazole rings is 2. The highest BCUT2D eigenvalue weighted by atomic mass is 15.1. The molecule has 0 aliphatic rings. The molecule has 0 radical (unpaired) electrons. The van der Waals surface area contributed by atoms with Gasteiger partial charge in [-0.25, -0.2) is 9.97 Å². The molecule has 0 unspecified atom stereocenters. The number of aryl methyl sites for hydroxylation is 2. The van der Waals surface area contributed by atoms with Crippen molar-refractivity contribution in [1.29, 1.82) is 0 Å². The number of aromatic amines is 1. The van der Waals surface area contributed by atoms with Gasteiger partial charge in [0.15, 0.2) is 5.82 Å². The first kappa shape index (κ1) is 13.6. The van der Waals surface area contributed by atoms with Gasteiger partial charge in [0.2, 0.25) is 0 Å². The van der Waals surface area contributed by atoms with E-state index in [0.717, 1.165) is 41.6 Å². The number of nitrogens with one attached hydrogen (secondary N) is 1. The minimum atomic E-state index is 0.673. The average Bonchev–Trinajstić information content (AvgIpc) is 3.12. The first-order chi connectivity index (χ1) is 10.3. The van der Waals surface area contributed by atoms with Gasteiger partial charge in [-0.15, -0.1) is 0 Å². The van der Waals surface area contributed by atoms with E-state index in [2.05, 4.69) is 14.5 Å². The Morgan fingerprint density at radius 1 is 1.24 bits per heavy atom. The van der Waals surface area contributed by atoms with E-state index in [9.17, 15) is 0 Å². The van der Waals surface area contributed by atoms with Crippen LogP contribution in [0.5, 0.6) is 0 Å². The second-order valence-corrected chi connectivity index (χ2v) is 5.01. The molecule has 108 valence electrons. The van der Waals surface area contributed by atoms with E-state index in [0.29, 0.717) is 6.54 Å². The molecule has 3 N–H and O–H groups in total. The quantitative estimate of drug-likeness (QED) is 0.755. The van der Waals surface area contributed by atoms with Crippen LogP contribution in [0, 0.1) is 6.92 Å². The number of aromatic nitrogens is 4. The van der Waals surface area contributed by atoms with E-state index in [1.165, 1.54) is 0 Å². The zero-order valence-corrected chi connectivity index (χ0v) is 12.1. The third-order valence-corrected chi connectivity index (χ3v) is 3.46. The van der Waals surface area contributed by atoms with Crippen LogP contribution in [0.25, 0.3) is 22.9 Å². The Balaban J connectivity index is 1.97. The molecule has 0 atom stereocenters. The summed E-state index contributed by atoms with van der Waals surface area (Å²) in [5, 5.41) is 0. The SMILES string of the molecule is Cc1[nH]c(-c2ccccc2)nc1-c1nccn1CCCN. The van der Waals surface area contributed by atoms with Crippen molar-refractivity contribution in [3.8, 4) is 22.9 Å². The maximum absolute atomic E-state index is 5.59. The molecule has 5 heteroatoms. The Morgan fingerprint density at radius 3 is 2.81 bits per heavy atom. The van der Waals surface area contributed by atoms with Crippen LogP contribution in [0.3, 0.4) is 0 Å². The monoisotopic (exact) mass is 281 g/mol. The van der Waals surface area contributed by atoms with Crippen molar-refractivity contribution in [2.75, 3.05) is 6.54 Å². The molecule has 2 heterocycles. The second kappa shape index (κ2) is 5.93. The Bertz CT molecular complexity index is 711. The molecule has 0 amide bonds. The summed E-state index contributed by atoms with van der Waals surface area (Å²) in [6.07, 6.45) is 4.71. The van der Waals surface area contributed by atoms with Gasteiger partial charge in [-0.3, -0.25) is 0 Å². The minimum absolute atomic E-state index is 0.673. The van der Waals surface area contributed by atoms with Gasteiger partial charge in [-0.05, 0) is 19.9 Å². The zero-order valence-electron chi connectivity index (χ0n) is 12.1. The highest BCUT2D eigenvalue weighted by Gasteiger charge is 2.14. The van der Waals surface area contributed by atoms with Gasteiger partial charge >= 0.3 is 0 Å². The first-order valence-corrected chi connectivity index (χ1v) is 7.13. The first-order valence-electron chi connectivity index (χ1n) is 7.13. The number of hydrogen-bond acceptors (Lipinski definition) is 3.